The third-order valence-corrected chi connectivity index (χ3v) is 2.28. The van der Waals surface area contributed by atoms with Gasteiger partial charge in [-0.3, -0.25) is 4.99 Å². The minimum absolute atomic E-state index is 0.310. The highest BCUT2D eigenvalue weighted by atomic mass is 35.5. The molecule has 1 aliphatic rings. The molecule has 1 heterocycles. The van der Waals surface area contributed by atoms with Crippen molar-refractivity contribution in [3.05, 3.63) is 34.9 Å². The molecule has 4 heteroatoms. The van der Waals surface area contributed by atoms with Gasteiger partial charge in [-0.15, -0.1) is 0 Å². The van der Waals surface area contributed by atoms with Gasteiger partial charge >= 0.3 is 5.97 Å². The zero-order valence-corrected chi connectivity index (χ0v) is 8.28. The highest BCUT2D eigenvalue weighted by molar-refractivity contribution is 6.31. The van der Waals surface area contributed by atoms with Crippen LogP contribution in [0.25, 0.3) is 0 Å². The second-order valence-electron chi connectivity index (χ2n) is 2.95. The van der Waals surface area contributed by atoms with Gasteiger partial charge in [0.2, 0.25) is 0 Å². The molecule has 2 rings (SSSR count). The number of methoxy groups -OCH3 is 1. The maximum Gasteiger partial charge on any atom is 0.336 e. The molecule has 0 aromatic heterocycles. The molecule has 0 bridgehead atoms. The summed E-state index contributed by atoms with van der Waals surface area (Å²) < 4.78 is 4.57. The Balaban J connectivity index is 2.10. The fourth-order valence-corrected chi connectivity index (χ4v) is 1.36. The first-order valence-corrected chi connectivity index (χ1v) is 4.51. The van der Waals surface area contributed by atoms with Crippen molar-refractivity contribution in [1.82, 2.24) is 0 Å². The Hall–Kier alpha value is -1.35. The molecule has 0 saturated heterocycles. The summed E-state index contributed by atoms with van der Waals surface area (Å²) in [5.74, 6) is -0.310. The number of nitrogens with zero attached hydrogens (tertiary/aromatic N) is 1. The summed E-state index contributed by atoms with van der Waals surface area (Å²) in [5, 5.41) is 0.671. The van der Waals surface area contributed by atoms with E-state index < -0.39 is 6.04 Å². The maximum atomic E-state index is 11.1. The molecule has 1 aromatic carbocycles. The van der Waals surface area contributed by atoms with Gasteiger partial charge in [-0.05, 0) is 17.7 Å². The minimum atomic E-state index is -0.402. The molecule has 0 N–H and O–H groups in total. The highest BCUT2D eigenvalue weighted by Crippen LogP contribution is 2.22. The van der Waals surface area contributed by atoms with E-state index in [1.807, 2.05) is 12.1 Å². The summed E-state index contributed by atoms with van der Waals surface area (Å²) in [4.78, 5) is 15.1. The molecule has 1 unspecified atom stereocenters. The monoisotopic (exact) mass is 209 g/mol. The van der Waals surface area contributed by atoms with E-state index in [1.54, 1.807) is 12.1 Å². The van der Waals surface area contributed by atoms with Gasteiger partial charge < -0.3 is 4.74 Å². The molecular formula is C10H8ClNO2. The Morgan fingerprint density at radius 3 is 2.64 bits per heavy atom. The predicted molar refractivity (Wildman–Crippen MR) is 53.8 cm³/mol. The molecule has 0 aliphatic carbocycles. The van der Waals surface area contributed by atoms with Crippen molar-refractivity contribution in [2.75, 3.05) is 7.11 Å². The molecule has 0 saturated carbocycles. The Bertz CT molecular complexity index is 397. The molecule has 3 nitrogen and oxygen atoms in total. The second kappa shape index (κ2) is 3.42. The molecule has 14 heavy (non-hydrogen) atoms. The van der Waals surface area contributed by atoms with Crippen molar-refractivity contribution >= 4 is 23.3 Å². The van der Waals surface area contributed by atoms with Crippen LogP contribution in [0, 0.1) is 0 Å². The second-order valence-corrected chi connectivity index (χ2v) is 3.38. The smallest absolute Gasteiger partial charge is 0.336 e. The Morgan fingerprint density at radius 2 is 2.07 bits per heavy atom. The number of hydrogen-bond donors (Lipinski definition) is 0. The van der Waals surface area contributed by atoms with E-state index in [4.69, 9.17) is 11.6 Å². The van der Waals surface area contributed by atoms with E-state index >= 15 is 0 Å². The molecule has 1 atom stereocenters. The fourth-order valence-electron chi connectivity index (χ4n) is 1.23. The first-order chi connectivity index (χ1) is 6.72. The van der Waals surface area contributed by atoms with Gasteiger partial charge in [0, 0.05) is 5.02 Å². The summed E-state index contributed by atoms with van der Waals surface area (Å²) in [5.41, 5.74) is 1.69. The summed E-state index contributed by atoms with van der Waals surface area (Å²) in [7, 11) is 1.36. The van der Waals surface area contributed by atoms with Crippen molar-refractivity contribution in [2.24, 2.45) is 4.99 Å². The van der Waals surface area contributed by atoms with Gasteiger partial charge in [0.15, 0.2) is 6.04 Å². The number of benzene rings is 1. The van der Waals surface area contributed by atoms with Crippen LogP contribution in [0.4, 0.5) is 0 Å². The van der Waals surface area contributed by atoms with E-state index in [0.29, 0.717) is 5.02 Å². The number of carbonyl (C=O) groups excluding carboxylic acids is 1. The summed E-state index contributed by atoms with van der Waals surface area (Å²) in [6.07, 6.45) is 0. The molecular weight excluding hydrogens is 202 g/mol. The average Bonchev–Trinajstić information content (AvgIpc) is 2.98. The number of esters is 1. The van der Waals surface area contributed by atoms with E-state index in [-0.39, 0.29) is 5.97 Å². The maximum absolute atomic E-state index is 11.1. The SMILES string of the molecule is COC(=O)C1N=C1c1ccc(Cl)cc1. The van der Waals surface area contributed by atoms with Crippen molar-refractivity contribution in [3.8, 4) is 0 Å². The summed E-state index contributed by atoms with van der Waals surface area (Å²) in [6.45, 7) is 0. The third kappa shape index (κ3) is 1.63. The zero-order valence-electron chi connectivity index (χ0n) is 7.53. The first-order valence-electron chi connectivity index (χ1n) is 4.14. The van der Waals surface area contributed by atoms with Crippen LogP contribution in [0.15, 0.2) is 29.3 Å². The number of halogens is 1. The van der Waals surface area contributed by atoms with Crippen LogP contribution in [0.5, 0.6) is 0 Å². The zero-order chi connectivity index (χ0) is 10.1. The standard InChI is InChI=1S/C10H8ClNO2/c1-14-10(13)9-8(12-9)6-2-4-7(11)5-3-6/h2-5,9H,1H3. The van der Waals surface area contributed by atoms with E-state index in [0.717, 1.165) is 11.3 Å². The molecule has 72 valence electrons. The lowest BCUT2D eigenvalue weighted by Gasteiger charge is -1.96. The number of aliphatic imine (C=N–C) groups is 1. The topological polar surface area (TPSA) is 38.7 Å². The van der Waals surface area contributed by atoms with E-state index in [1.165, 1.54) is 7.11 Å². The number of carbonyl (C=O) groups is 1. The number of rotatable bonds is 2. The summed E-state index contributed by atoms with van der Waals surface area (Å²) in [6, 6.07) is 6.81. The average molecular weight is 210 g/mol. The first kappa shape index (κ1) is 9.21. The third-order valence-electron chi connectivity index (χ3n) is 2.02. The number of ether oxygens (including phenoxy) is 1. The van der Waals surface area contributed by atoms with Crippen LogP contribution >= 0.6 is 11.6 Å². The largest absolute Gasteiger partial charge is 0.467 e. The van der Waals surface area contributed by atoms with E-state index in [2.05, 4.69) is 9.73 Å². The lowest BCUT2D eigenvalue weighted by atomic mass is 10.1. The lowest BCUT2D eigenvalue weighted by Crippen LogP contribution is -2.14. The molecule has 1 aliphatic heterocycles. The molecule has 0 spiro atoms. The normalized spacial score (nSPS) is 18.7. The Labute approximate surface area is 86.4 Å². The Morgan fingerprint density at radius 1 is 1.43 bits per heavy atom. The van der Waals surface area contributed by atoms with Crippen LogP contribution in [0.1, 0.15) is 5.56 Å². The quantitative estimate of drug-likeness (QED) is 0.696. The van der Waals surface area contributed by atoms with Crippen molar-refractivity contribution in [2.45, 2.75) is 6.04 Å². The Kier molecular flexibility index (Phi) is 2.25. The van der Waals surface area contributed by atoms with Gasteiger partial charge in [-0.2, -0.15) is 0 Å². The predicted octanol–water partition coefficient (Wildman–Crippen LogP) is 1.68. The van der Waals surface area contributed by atoms with Crippen LogP contribution in [-0.4, -0.2) is 24.8 Å². The number of hydrogen-bond acceptors (Lipinski definition) is 3. The van der Waals surface area contributed by atoms with Crippen molar-refractivity contribution in [1.29, 1.82) is 0 Å². The van der Waals surface area contributed by atoms with Crippen LogP contribution in [-0.2, 0) is 9.53 Å². The van der Waals surface area contributed by atoms with Crippen LogP contribution < -0.4 is 0 Å². The molecule has 0 radical (unpaired) electrons. The minimum Gasteiger partial charge on any atom is -0.467 e. The fraction of sp³-hybridized carbons (Fsp3) is 0.200. The van der Waals surface area contributed by atoms with Crippen molar-refractivity contribution in [3.63, 3.8) is 0 Å². The summed E-state index contributed by atoms with van der Waals surface area (Å²) >= 11 is 5.73. The van der Waals surface area contributed by atoms with Crippen molar-refractivity contribution < 1.29 is 9.53 Å². The van der Waals surface area contributed by atoms with Crippen LogP contribution in [0.2, 0.25) is 5.02 Å². The van der Waals surface area contributed by atoms with Crippen LogP contribution in [0.3, 0.4) is 0 Å². The van der Waals surface area contributed by atoms with Gasteiger partial charge in [0.1, 0.15) is 0 Å². The lowest BCUT2D eigenvalue weighted by molar-refractivity contribution is -0.139. The van der Waals surface area contributed by atoms with Gasteiger partial charge in [-0.25, -0.2) is 4.79 Å². The molecule has 1 aromatic rings. The molecule has 0 fully saturated rings. The van der Waals surface area contributed by atoms with Gasteiger partial charge in [0.25, 0.3) is 0 Å². The van der Waals surface area contributed by atoms with Gasteiger partial charge in [-0.1, -0.05) is 23.7 Å². The highest BCUT2D eigenvalue weighted by Gasteiger charge is 2.36. The molecule has 0 amide bonds. The van der Waals surface area contributed by atoms with E-state index in [9.17, 15) is 4.79 Å². The van der Waals surface area contributed by atoms with Gasteiger partial charge in [0.05, 0.1) is 12.8 Å².